The number of nitrogens with zero attached hydrogens (tertiary/aromatic N) is 1. The highest BCUT2D eigenvalue weighted by Gasteiger charge is 2.39. The molecular formula is C19H16N2O3. The molecule has 0 saturated carbocycles. The van der Waals surface area contributed by atoms with Gasteiger partial charge in [0.1, 0.15) is 0 Å². The lowest BCUT2D eigenvalue weighted by Crippen LogP contribution is -2.43. The summed E-state index contributed by atoms with van der Waals surface area (Å²) in [7, 11) is 0. The van der Waals surface area contributed by atoms with E-state index in [1.54, 1.807) is 54.6 Å². The summed E-state index contributed by atoms with van der Waals surface area (Å²) in [6, 6.07) is 19.2. The summed E-state index contributed by atoms with van der Waals surface area (Å²) in [5, 5.41) is 15.1. The third-order valence-corrected chi connectivity index (χ3v) is 3.63. The maximum Gasteiger partial charge on any atom is 0.281 e. The van der Waals surface area contributed by atoms with E-state index in [1.165, 1.54) is 18.7 Å². The molecule has 1 amide bonds. The number of hydrazone groups is 1. The summed E-state index contributed by atoms with van der Waals surface area (Å²) in [4.78, 5) is 12.7. The molecule has 120 valence electrons. The van der Waals surface area contributed by atoms with E-state index in [1.807, 2.05) is 12.1 Å². The van der Waals surface area contributed by atoms with E-state index in [4.69, 9.17) is 4.42 Å². The van der Waals surface area contributed by atoms with Crippen molar-refractivity contribution in [3.8, 4) is 0 Å². The predicted molar refractivity (Wildman–Crippen MR) is 90.3 cm³/mol. The minimum Gasteiger partial charge on any atom is -0.472 e. The third-order valence-electron chi connectivity index (χ3n) is 3.63. The number of hydrogen-bond donors (Lipinski definition) is 2. The Balaban J connectivity index is 1.91. The fourth-order valence-corrected chi connectivity index (χ4v) is 2.38. The minimum absolute atomic E-state index is 0.465. The lowest BCUT2D eigenvalue weighted by Gasteiger charge is -2.26. The van der Waals surface area contributed by atoms with E-state index >= 15 is 0 Å². The number of amides is 1. The molecule has 3 rings (SSSR count). The van der Waals surface area contributed by atoms with Crippen LogP contribution < -0.4 is 5.43 Å². The van der Waals surface area contributed by atoms with Gasteiger partial charge in [0.05, 0.1) is 18.7 Å². The van der Waals surface area contributed by atoms with Gasteiger partial charge in [0, 0.05) is 5.56 Å². The van der Waals surface area contributed by atoms with Gasteiger partial charge in [-0.15, -0.1) is 0 Å². The molecule has 1 aromatic heterocycles. The van der Waals surface area contributed by atoms with Crippen molar-refractivity contribution in [2.75, 3.05) is 0 Å². The van der Waals surface area contributed by atoms with Crippen molar-refractivity contribution >= 4 is 12.1 Å². The predicted octanol–water partition coefficient (Wildman–Crippen LogP) is 2.67. The Labute approximate surface area is 139 Å². The maximum absolute atomic E-state index is 12.7. The third kappa shape index (κ3) is 3.11. The molecule has 0 aliphatic carbocycles. The van der Waals surface area contributed by atoms with Crippen molar-refractivity contribution in [3.05, 3.63) is 95.9 Å². The van der Waals surface area contributed by atoms with Gasteiger partial charge in [-0.25, -0.2) is 5.43 Å². The summed E-state index contributed by atoms with van der Waals surface area (Å²) in [6.45, 7) is 0. The second-order valence-electron chi connectivity index (χ2n) is 5.20. The second-order valence-corrected chi connectivity index (χ2v) is 5.20. The van der Waals surface area contributed by atoms with Crippen LogP contribution in [-0.4, -0.2) is 17.2 Å². The van der Waals surface area contributed by atoms with Crippen LogP contribution in [-0.2, 0) is 10.4 Å². The molecule has 5 nitrogen and oxygen atoms in total. The first-order valence-electron chi connectivity index (χ1n) is 7.40. The molecule has 2 N–H and O–H groups in total. The van der Waals surface area contributed by atoms with E-state index in [9.17, 15) is 9.90 Å². The molecule has 0 aliphatic heterocycles. The van der Waals surface area contributed by atoms with Crippen molar-refractivity contribution in [1.82, 2.24) is 5.43 Å². The average molecular weight is 320 g/mol. The highest BCUT2D eigenvalue weighted by atomic mass is 16.3. The molecule has 1 heterocycles. The molecule has 2 aromatic carbocycles. The molecule has 3 aromatic rings. The summed E-state index contributed by atoms with van der Waals surface area (Å²) >= 11 is 0. The van der Waals surface area contributed by atoms with Crippen LogP contribution in [0.5, 0.6) is 0 Å². The lowest BCUT2D eigenvalue weighted by atomic mass is 9.85. The lowest BCUT2D eigenvalue weighted by molar-refractivity contribution is -0.136. The zero-order valence-electron chi connectivity index (χ0n) is 12.8. The first-order chi connectivity index (χ1) is 11.7. The maximum atomic E-state index is 12.7. The van der Waals surface area contributed by atoms with Gasteiger partial charge in [0.2, 0.25) is 0 Å². The molecule has 0 saturated heterocycles. The molecule has 0 spiro atoms. The molecule has 0 bridgehead atoms. The van der Waals surface area contributed by atoms with Gasteiger partial charge in [-0.2, -0.15) is 5.10 Å². The zero-order chi connectivity index (χ0) is 16.8. The van der Waals surface area contributed by atoms with Gasteiger partial charge >= 0.3 is 0 Å². The van der Waals surface area contributed by atoms with Crippen molar-refractivity contribution in [1.29, 1.82) is 0 Å². The monoisotopic (exact) mass is 320 g/mol. The van der Waals surface area contributed by atoms with Gasteiger partial charge in [0.25, 0.3) is 5.91 Å². The van der Waals surface area contributed by atoms with E-state index in [-0.39, 0.29) is 0 Å². The number of rotatable bonds is 5. The Morgan fingerprint density at radius 1 is 1.00 bits per heavy atom. The number of furan rings is 1. The summed E-state index contributed by atoms with van der Waals surface area (Å²) in [5.41, 5.74) is 2.20. The van der Waals surface area contributed by atoms with E-state index in [0.717, 1.165) is 0 Å². The Morgan fingerprint density at radius 2 is 1.58 bits per heavy atom. The summed E-state index contributed by atoms with van der Waals surface area (Å²) in [6.07, 6.45) is 4.45. The van der Waals surface area contributed by atoms with Crippen molar-refractivity contribution in [3.63, 3.8) is 0 Å². The van der Waals surface area contributed by atoms with Crippen LogP contribution in [0.3, 0.4) is 0 Å². The van der Waals surface area contributed by atoms with Gasteiger partial charge in [-0.3, -0.25) is 4.79 Å². The SMILES string of the molecule is O=C(N/N=C/c1ccoc1)C(O)(c1ccccc1)c1ccccc1. The number of hydrogen-bond acceptors (Lipinski definition) is 4. The van der Waals surface area contributed by atoms with Crippen LogP contribution in [0.25, 0.3) is 0 Å². The zero-order valence-corrected chi connectivity index (χ0v) is 12.8. The summed E-state index contributed by atoms with van der Waals surface area (Å²) in [5.74, 6) is -0.639. The topological polar surface area (TPSA) is 74.8 Å². The quantitative estimate of drug-likeness (QED) is 0.560. The van der Waals surface area contributed by atoms with Crippen molar-refractivity contribution in [2.45, 2.75) is 5.60 Å². The number of aliphatic hydroxyl groups is 1. The number of carbonyl (C=O) groups excluding carboxylic acids is 1. The molecular weight excluding hydrogens is 304 g/mol. The van der Waals surface area contributed by atoms with E-state index in [2.05, 4.69) is 10.5 Å². The molecule has 24 heavy (non-hydrogen) atoms. The number of benzene rings is 2. The first-order valence-corrected chi connectivity index (χ1v) is 7.40. The fourth-order valence-electron chi connectivity index (χ4n) is 2.38. The smallest absolute Gasteiger partial charge is 0.281 e. The van der Waals surface area contributed by atoms with Crippen LogP contribution >= 0.6 is 0 Å². The Kier molecular flexibility index (Phi) is 4.54. The Morgan fingerprint density at radius 3 is 2.08 bits per heavy atom. The highest BCUT2D eigenvalue weighted by molar-refractivity contribution is 5.91. The van der Waals surface area contributed by atoms with Crippen LogP contribution in [0.4, 0.5) is 0 Å². The Hall–Kier alpha value is -3.18. The van der Waals surface area contributed by atoms with E-state index in [0.29, 0.717) is 16.7 Å². The van der Waals surface area contributed by atoms with Gasteiger partial charge in [-0.05, 0) is 17.2 Å². The molecule has 0 fully saturated rings. The van der Waals surface area contributed by atoms with Crippen LogP contribution in [0.15, 0.2) is 88.8 Å². The molecule has 5 heteroatoms. The Bertz CT molecular complexity index is 773. The average Bonchev–Trinajstić information content (AvgIpc) is 3.16. The van der Waals surface area contributed by atoms with Crippen LogP contribution in [0, 0.1) is 0 Å². The van der Waals surface area contributed by atoms with Gasteiger partial charge in [0.15, 0.2) is 5.60 Å². The minimum atomic E-state index is -1.84. The van der Waals surface area contributed by atoms with Crippen molar-refractivity contribution in [2.24, 2.45) is 5.10 Å². The van der Waals surface area contributed by atoms with Gasteiger partial charge < -0.3 is 9.52 Å². The molecule has 0 unspecified atom stereocenters. The molecule has 0 radical (unpaired) electrons. The summed E-state index contributed by atoms with van der Waals surface area (Å²) < 4.78 is 4.92. The highest BCUT2D eigenvalue weighted by Crippen LogP contribution is 2.29. The van der Waals surface area contributed by atoms with Crippen LogP contribution in [0.2, 0.25) is 0 Å². The largest absolute Gasteiger partial charge is 0.472 e. The second kappa shape index (κ2) is 6.93. The van der Waals surface area contributed by atoms with Gasteiger partial charge in [-0.1, -0.05) is 60.7 Å². The normalized spacial score (nSPS) is 11.5. The molecule has 0 aliphatic rings. The molecule has 0 atom stereocenters. The fraction of sp³-hybridized carbons (Fsp3) is 0.0526. The number of carbonyl (C=O) groups is 1. The van der Waals surface area contributed by atoms with Crippen LogP contribution in [0.1, 0.15) is 16.7 Å². The first kappa shape index (κ1) is 15.7. The number of nitrogens with one attached hydrogen (secondary N) is 1. The van der Waals surface area contributed by atoms with Crippen molar-refractivity contribution < 1.29 is 14.3 Å². The standard InChI is InChI=1S/C19H16N2O3/c22-18(21-20-13-15-11-12-24-14-15)19(23,16-7-3-1-4-8-16)17-9-5-2-6-10-17/h1-14,23H,(H,21,22)/b20-13+. The van der Waals surface area contributed by atoms with E-state index < -0.39 is 11.5 Å².